The summed E-state index contributed by atoms with van der Waals surface area (Å²) in [5.74, 6) is -0.851. The molecular formula is C17H16Cl2N6O2. The molecule has 27 heavy (non-hydrogen) atoms. The molecule has 2 aromatic heterocycles. The zero-order chi connectivity index (χ0) is 19.6. The van der Waals surface area contributed by atoms with Crippen LogP contribution in [0.4, 0.5) is 5.69 Å². The summed E-state index contributed by atoms with van der Waals surface area (Å²) in [6.45, 7) is 2.44. The number of rotatable bonds is 5. The molecule has 3 rings (SSSR count). The number of anilines is 1. The van der Waals surface area contributed by atoms with E-state index >= 15 is 0 Å². The third-order valence-electron chi connectivity index (χ3n) is 3.81. The molecule has 0 bridgehead atoms. The van der Waals surface area contributed by atoms with Gasteiger partial charge >= 0.3 is 0 Å². The van der Waals surface area contributed by atoms with Crippen LogP contribution in [0.15, 0.2) is 30.5 Å². The van der Waals surface area contributed by atoms with Crippen LogP contribution in [0.2, 0.25) is 10.0 Å². The molecular weight excluding hydrogens is 391 g/mol. The first-order valence-electron chi connectivity index (χ1n) is 8.04. The normalized spacial score (nSPS) is 10.7. The molecule has 0 radical (unpaired) electrons. The number of nitrogens with zero attached hydrogens (tertiary/aromatic N) is 3. The highest BCUT2D eigenvalue weighted by molar-refractivity contribution is 6.36. The average molecular weight is 407 g/mol. The second kappa shape index (κ2) is 7.81. The number of amides is 2. The van der Waals surface area contributed by atoms with Crippen molar-refractivity contribution < 1.29 is 9.59 Å². The van der Waals surface area contributed by atoms with Gasteiger partial charge in [-0.2, -0.15) is 10.2 Å². The maximum atomic E-state index is 12.6. The topological polar surface area (TPSA) is 105 Å². The molecule has 0 saturated carbocycles. The molecule has 0 spiro atoms. The summed E-state index contributed by atoms with van der Waals surface area (Å²) in [7, 11) is 1.50. The molecule has 3 aromatic rings. The van der Waals surface area contributed by atoms with Gasteiger partial charge in [-0.05, 0) is 31.2 Å². The Morgan fingerprint density at radius 1 is 1.22 bits per heavy atom. The van der Waals surface area contributed by atoms with Gasteiger partial charge in [0, 0.05) is 30.4 Å². The molecule has 10 heteroatoms. The monoisotopic (exact) mass is 406 g/mol. The Morgan fingerprint density at radius 3 is 2.67 bits per heavy atom. The number of carbonyl (C=O) groups is 2. The minimum absolute atomic E-state index is 0.133. The quantitative estimate of drug-likeness (QED) is 0.604. The third kappa shape index (κ3) is 3.96. The van der Waals surface area contributed by atoms with Gasteiger partial charge in [0.15, 0.2) is 5.69 Å². The van der Waals surface area contributed by atoms with Crippen LogP contribution in [0.1, 0.15) is 27.9 Å². The maximum absolute atomic E-state index is 12.6. The van der Waals surface area contributed by atoms with Crippen LogP contribution in [0.3, 0.4) is 0 Å². The molecule has 2 amide bonds. The summed E-state index contributed by atoms with van der Waals surface area (Å²) >= 11 is 12.1. The minimum atomic E-state index is -0.459. The van der Waals surface area contributed by atoms with E-state index in [2.05, 4.69) is 25.9 Å². The summed E-state index contributed by atoms with van der Waals surface area (Å²) in [5, 5.41) is 17.0. The first kappa shape index (κ1) is 18.9. The van der Waals surface area contributed by atoms with Crippen molar-refractivity contribution >= 4 is 40.7 Å². The predicted octanol–water partition coefficient (Wildman–Crippen LogP) is 3.21. The standard InChI is InChI=1S/C17H16Cl2N6O2/c1-3-25-8-14(15(24-25)17(27)20-2)21-16(26)13-7-12(22-23-13)10-5-4-9(18)6-11(10)19/h4-8H,3H2,1-2H3,(H,20,27)(H,21,26)(H,22,23). The van der Waals surface area contributed by atoms with Gasteiger partial charge in [0.05, 0.1) is 16.4 Å². The van der Waals surface area contributed by atoms with Crippen molar-refractivity contribution in [2.75, 3.05) is 12.4 Å². The van der Waals surface area contributed by atoms with Gasteiger partial charge in [0.25, 0.3) is 11.8 Å². The van der Waals surface area contributed by atoms with Crippen LogP contribution in [-0.4, -0.2) is 38.8 Å². The summed E-state index contributed by atoms with van der Waals surface area (Å²) in [4.78, 5) is 24.5. The summed E-state index contributed by atoms with van der Waals surface area (Å²) in [6.07, 6.45) is 1.59. The highest BCUT2D eigenvalue weighted by atomic mass is 35.5. The van der Waals surface area contributed by atoms with E-state index in [0.29, 0.717) is 33.5 Å². The fraction of sp³-hybridized carbons (Fsp3) is 0.176. The molecule has 0 aliphatic carbocycles. The fourth-order valence-corrected chi connectivity index (χ4v) is 2.93. The number of benzene rings is 1. The van der Waals surface area contributed by atoms with Crippen molar-refractivity contribution in [3.63, 3.8) is 0 Å². The second-order valence-electron chi connectivity index (χ2n) is 5.57. The molecule has 0 fully saturated rings. The number of nitrogens with one attached hydrogen (secondary N) is 3. The van der Waals surface area contributed by atoms with Gasteiger partial charge in [-0.3, -0.25) is 19.4 Å². The van der Waals surface area contributed by atoms with E-state index in [1.807, 2.05) is 6.92 Å². The lowest BCUT2D eigenvalue weighted by atomic mass is 10.1. The largest absolute Gasteiger partial charge is 0.354 e. The number of halogens is 2. The lowest BCUT2D eigenvalue weighted by molar-refractivity contribution is 0.0958. The van der Waals surface area contributed by atoms with Crippen molar-refractivity contribution in [1.29, 1.82) is 0 Å². The van der Waals surface area contributed by atoms with Crippen LogP contribution in [-0.2, 0) is 6.54 Å². The zero-order valence-electron chi connectivity index (χ0n) is 14.5. The van der Waals surface area contributed by atoms with Crippen LogP contribution < -0.4 is 10.6 Å². The third-order valence-corrected chi connectivity index (χ3v) is 4.35. The van der Waals surface area contributed by atoms with E-state index in [1.165, 1.54) is 7.05 Å². The van der Waals surface area contributed by atoms with E-state index in [1.54, 1.807) is 35.1 Å². The minimum Gasteiger partial charge on any atom is -0.354 e. The van der Waals surface area contributed by atoms with E-state index < -0.39 is 11.8 Å². The Morgan fingerprint density at radius 2 is 2.00 bits per heavy atom. The van der Waals surface area contributed by atoms with Crippen LogP contribution in [0.25, 0.3) is 11.3 Å². The first-order valence-corrected chi connectivity index (χ1v) is 8.80. The highest BCUT2D eigenvalue weighted by Crippen LogP contribution is 2.29. The zero-order valence-corrected chi connectivity index (χ0v) is 16.0. The van der Waals surface area contributed by atoms with Crippen molar-refractivity contribution in [3.05, 3.63) is 51.9 Å². The Kier molecular flexibility index (Phi) is 5.48. The SMILES string of the molecule is CCn1cc(NC(=O)c2cc(-c3ccc(Cl)cc3Cl)n[nH]2)c(C(=O)NC)n1. The molecule has 1 aromatic carbocycles. The fourth-order valence-electron chi connectivity index (χ4n) is 2.42. The van der Waals surface area contributed by atoms with Crippen LogP contribution in [0.5, 0.6) is 0 Å². The highest BCUT2D eigenvalue weighted by Gasteiger charge is 2.19. The number of aromatic amines is 1. The Bertz CT molecular complexity index is 1010. The van der Waals surface area contributed by atoms with Gasteiger partial charge in [0.1, 0.15) is 5.69 Å². The number of carbonyl (C=O) groups excluding carboxylic acids is 2. The molecule has 3 N–H and O–H groups in total. The molecule has 0 atom stereocenters. The Hall–Kier alpha value is -2.84. The molecule has 2 heterocycles. The molecule has 0 aliphatic rings. The Balaban J connectivity index is 1.85. The maximum Gasteiger partial charge on any atom is 0.273 e. The molecule has 0 aliphatic heterocycles. The smallest absolute Gasteiger partial charge is 0.273 e. The molecule has 8 nitrogen and oxygen atoms in total. The number of aromatic nitrogens is 4. The van der Waals surface area contributed by atoms with E-state index in [9.17, 15) is 9.59 Å². The van der Waals surface area contributed by atoms with Gasteiger partial charge in [-0.25, -0.2) is 0 Å². The summed E-state index contributed by atoms with van der Waals surface area (Å²) in [6, 6.07) is 6.57. The van der Waals surface area contributed by atoms with Crippen molar-refractivity contribution in [2.24, 2.45) is 0 Å². The van der Waals surface area contributed by atoms with E-state index in [-0.39, 0.29) is 11.4 Å². The number of hydrogen-bond donors (Lipinski definition) is 3. The second-order valence-corrected chi connectivity index (χ2v) is 6.41. The lowest BCUT2D eigenvalue weighted by Gasteiger charge is -2.02. The number of hydrogen-bond acceptors (Lipinski definition) is 4. The van der Waals surface area contributed by atoms with Gasteiger partial charge in [-0.1, -0.05) is 23.2 Å². The Labute approximate surface area is 164 Å². The van der Waals surface area contributed by atoms with Crippen molar-refractivity contribution in [3.8, 4) is 11.3 Å². The van der Waals surface area contributed by atoms with Gasteiger partial charge in [-0.15, -0.1) is 0 Å². The summed E-state index contributed by atoms with van der Waals surface area (Å²) in [5.41, 5.74) is 1.79. The molecule has 0 unspecified atom stereocenters. The van der Waals surface area contributed by atoms with E-state index in [0.717, 1.165) is 0 Å². The predicted molar refractivity (Wildman–Crippen MR) is 103 cm³/mol. The number of H-pyrrole nitrogens is 1. The van der Waals surface area contributed by atoms with Gasteiger partial charge < -0.3 is 10.6 Å². The molecule has 0 saturated heterocycles. The lowest BCUT2D eigenvalue weighted by Crippen LogP contribution is -2.21. The van der Waals surface area contributed by atoms with Crippen LogP contribution in [0, 0.1) is 0 Å². The van der Waals surface area contributed by atoms with Gasteiger partial charge in [0.2, 0.25) is 0 Å². The average Bonchev–Trinajstić information content (AvgIpc) is 3.28. The number of aryl methyl sites for hydroxylation is 1. The summed E-state index contributed by atoms with van der Waals surface area (Å²) < 4.78 is 1.56. The first-order chi connectivity index (χ1) is 12.9. The van der Waals surface area contributed by atoms with Crippen LogP contribution >= 0.6 is 23.2 Å². The molecule has 140 valence electrons. The van der Waals surface area contributed by atoms with Crippen molar-refractivity contribution in [1.82, 2.24) is 25.3 Å². The van der Waals surface area contributed by atoms with E-state index in [4.69, 9.17) is 23.2 Å². The van der Waals surface area contributed by atoms with Crippen molar-refractivity contribution in [2.45, 2.75) is 13.5 Å².